The second-order valence-electron chi connectivity index (χ2n) is 9.33. The molecule has 34 heavy (non-hydrogen) atoms. The number of ether oxygens (including phenoxy) is 1. The third-order valence-corrected chi connectivity index (χ3v) is 7.96. The molecule has 2 aromatic heterocycles. The zero-order valence-electron chi connectivity index (χ0n) is 19.5. The van der Waals surface area contributed by atoms with E-state index >= 15 is 0 Å². The maximum absolute atomic E-state index is 13.3. The first-order chi connectivity index (χ1) is 16.0. The van der Waals surface area contributed by atoms with Gasteiger partial charge in [0.25, 0.3) is 0 Å². The molecular weight excluding hydrogens is 569 g/mol. The van der Waals surface area contributed by atoms with Crippen molar-refractivity contribution in [3.8, 4) is 0 Å². The summed E-state index contributed by atoms with van der Waals surface area (Å²) in [5.41, 5.74) is 0.940. The van der Waals surface area contributed by atoms with Crippen molar-refractivity contribution in [2.45, 2.75) is 51.1 Å². The van der Waals surface area contributed by atoms with Gasteiger partial charge in [0.1, 0.15) is 11.9 Å². The van der Waals surface area contributed by atoms with E-state index in [0.29, 0.717) is 39.0 Å². The molecule has 1 aliphatic rings. The maximum atomic E-state index is 13.3. The van der Waals surface area contributed by atoms with Crippen LogP contribution in [0.1, 0.15) is 45.0 Å². The summed E-state index contributed by atoms with van der Waals surface area (Å²) in [4.78, 5) is 23.6. The molecule has 182 valence electrons. The van der Waals surface area contributed by atoms with E-state index in [1.165, 1.54) is 10.3 Å². The molecule has 1 saturated heterocycles. The summed E-state index contributed by atoms with van der Waals surface area (Å²) in [6, 6.07) is 8.46. The highest BCUT2D eigenvalue weighted by Gasteiger charge is 2.38. The Hall–Kier alpha value is -2.25. The lowest BCUT2D eigenvalue weighted by molar-refractivity contribution is 0.00596. The van der Waals surface area contributed by atoms with Crippen molar-refractivity contribution in [2.24, 2.45) is 0 Å². The fraction of sp³-hybridized carbons (Fsp3) is 0.435. The number of amides is 1. The predicted molar refractivity (Wildman–Crippen MR) is 138 cm³/mol. The van der Waals surface area contributed by atoms with E-state index in [-0.39, 0.29) is 11.8 Å². The fourth-order valence-electron chi connectivity index (χ4n) is 4.15. The van der Waals surface area contributed by atoms with Crippen LogP contribution in [0, 0.1) is 3.57 Å². The Bertz CT molecular complexity index is 1300. The first-order valence-corrected chi connectivity index (χ1v) is 13.7. The number of hydrogen-bond acceptors (Lipinski definition) is 7. The van der Waals surface area contributed by atoms with E-state index in [0.717, 1.165) is 0 Å². The summed E-state index contributed by atoms with van der Waals surface area (Å²) < 4.78 is 34.2. The van der Waals surface area contributed by atoms with Crippen molar-refractivity contribution >= 4 is 49.7 Å². The number of hydrogen-bond donors (Lipinski definition) is 1. The fourth-order valence-corrected chi connectivity index (χ4v) is 6.55. The number of halogens is 1. The first kappa shape index (κ1) is 24.9. The molecule has 1 amide bonds. The lowest BCUT2D eigenvalue weighted by Crippen LogP contribution is -2.54. The Morgan fingerprint density at radius 2 is 1.94 bits per heavy atom. The smallest absolute Gasteiger partial charge is 0.410 e. The highest BCUT2D eigenvalue weighted by atomic mass is 127. The van der Waals surface area contributed by atoms with Crippen molar-refractivity contribution in [3.05, 3.63) is 57.7 Å². The van der Waals surface area contributed by atoms with E-state index in [9.17, 15) is 13.2 Å². The van der Waals surface area contributed by atoms with E-state index in [1.807, 2.05) is 45.9 Å². The van der Waals surface area contributed by atoms with Gasteiger partial charge in [0.05, 0.1) is 22.9 Å². The van der Waals surface area contributed by atoms with E-state index in [1.54, 1.807) is 23.2 Å². The number of fused-ring (bicyclic) bond motifs is 1. The van der Waals surface area contributed by atoms with Gasteiger partial charge in [0.2, 0.25) is 10.0 Å². The van der Waals surface area contributed by atoms with Gasteiger partial charge in [-0.1, -0.05) is 30.3 Å². The second kappa shape index (κ2) is 9.42. The lowest BCUT2D eigenvalue weighted by atomic mass is 9.99. The molecule has 0 aliphatic carbocycles. The molecule has 11 heteroatoms. The van der Waals surface area contributed by atoms with Crippen LogP contribution in [-0.2, 0) is 20.5 Å². The molecule has 1 fully saturated rings. The molecule has 0 saturated carbocycles. The average molecular weight is 597 g/mol. The Morgan fingerprint density at radius 3 is 2.62 bits per heavy atom. The Labute approximate surface area is 213 Å². The van der Waals surface area contributed by atoms with Gasteiger partial charge in [-0.25, -0.2) is 27.2 Å². The van der Waals surface area contributed by atoms with Crippen LogP contribution in [0.2, 0.25) is 0 Å². The third-order valence-electron chi connectivity index (χ3n) is 5.56. The van der Waals surface area contributed by atoms with Crippen LogP contribution >= 0.6 is 22.6 Å². The number of benzene rings is 1. The quantitative estimate of drug-likeness (QED) is 0.458. The van der Waals surface area contributed by atoms with Crippen LogP contribution in [0.3, 0.4) is 0 Å². The van der Waals surface area contributed by atoms with E-state index in [4.69, 9.17) is 4.74 Å². The number of rotatable bonds is 4. The van der Waals surface area contributed by atoms with Crippen molar-refractivity contribution < 1.29 is 17.9 Å². The molecule has 3 aromatic rings. The van der Waals surface area contributed by atoms with Gasteiger partial charge in [-0.15, -0.1) is 0 Å². The molecule has 9 nitrogen and oxygen atoms in total. The Kier molecular flexibility index (Phi) is 6.89. The van der Waals surface area contributed by atoms with Crippen LogP contribution in [-0.4, -0.2) is 58.1 Å². The normalized spacial score (nSPS) is 19.4. The van der Waals surface area contributed by atoms with Gasteiger partial charge in [0, 0.05) is 28.9 Å². The molecule has 1 aromatic carbocycles. The number of nitrogens with one attached hydrogen (secondary N) is 1. The minimum atomic E-state index is -3.73. The van der Waals surface area contributed by atoms with Gasteiger partial charge >= 0.3 is 6.09 Å². The van der Waals surface area contributed by atoms with Crippen molar-refractivity contribution in [2.75, 3.05) is 13.1 Å². The molecule has 0 bridgehead atoms. The second-order valence-corrected chi connectivity index (χ2v) is 12.3. The molecule has 4 rings (SSSR count). The van der Waals surface area contributed by atoms with E-state index in [2.05, 4.69) is 37.9 Å². The molecule has 2 atom stereocenters. The largest absolute Gasteiger partial charge is 0.444 e. The summed E-state index contributed by atoms with van der Waals surface area (Å²) in [6.07, 6.45) is 2.50. The van der Waals surface area contributed by atoms with Crippen molar-refractivity contribution in [3.63, 3.8) is 0 Å². The first-order valence-electron chi connectivity index (χ1n) is 11.0. The number of aromatic nitrogens is 3. The van der Waals surface area contributed by atoms with Crippen molar-refractivity contribution in [1.29, 1.82) is 0 Å². The topological polar surface area (TPSA) is 106 Å². The summed E-state index contributed by atoms with van der Waals surface area (Å²) >= 11 is 2.11. The SMILES string of the molecule is CC1NCCN(C(=O)OC(C)(C)C)C1c1ncnc2c1c(I)cn2S(=O)(=O)Cc1ccccc1. The van der Waals surface area contributed by atoms with Crippen LogP contribution < -0.4 is 5.32 Å². The zero-order chi connectivity index (χ0) is 24.7. The predicted octanol–water partition coefficient (Wildman–Crippen LogP) is 3.68. The summed E-state index contributed by atoms with van der Waals surface area (Å²) in [7, 11) is -3.73. The molecule has 0 radical (unpaired) electrons. The van der Waals surface area contributed by atoms with Crippen LogP contribution in [0.4, 0.5) is 4.79 Å². The number of piperazine rings is 1. The van der Waals surface area contributed by atoms with Crippen LogP contribution in [0.25, 0.3) is 11.0 Å². The summed E-state index contributed by atoms with van der Waals surface area (Å²) in [6.45, 7) is 8.53. The standard InChI is InChI=1S/C23H28IN5O4S/c1-15-20(28(11-10-25-15)22(30)33-23(2,3)4)19-18-17(24)12-29(21(18)27-14-26-19)34(31,32)13-16-8-6-5-7-9-16/h5-9,12,14-15,20,25H,10-11,13H2,1-4H3. The van der Waals surface area contributed by atoms with Crippen LogP contribution in [0.5, 0.6) is 0 Å². The van der Waals surface area contributed by atoms with Gasteiger partial charge in [-0.05, 0) is 55.8 Å². The van der Waals surface area contributed by atoms with Gasteiger partial charge in [-0.2, -0.15) is 0 Å². The summed E-state index contributed by atoms with van der Waals surface area (Å²) in [5.74, 6) is -0.154. The monoisotopic (exact) mass is 597 g/mol. The Morgan fingerprint density at radius 1 is 1.24 bits per heavy atom. The zero-order valence-corrected chi connectivity index (χ0v) is 22.5. The van der Waals surface area contributed by atoms with Gasteiger partial charge in [-0.3, -0.25) is 4.90 Å². The Balaban J connectivity index is 1.79. The van der Waals surface area contributed by atoms with Gasteiger partial charge < -0.3 is 10.1 Å². The number of nitrogens with zero attached hydrogens (tertiary/aromatic N) is 4. The molecular formula is C23H28IN5O4S. The lowest BCUT2D eigenvalue weighted by Gasteiger charge is -2.40. The van der Waals surface area contributed by atoms with Crippen molar-refractivity contribution in [1.82, 2.24) is 24.2 Å². The third kappa shape index (κ3) is 5.05. The molecule has 1 N–H and O–H groups in total. The van der Waals surface area contributed by atoms with Crippen LogP contribution in [0.15, 0.2) is 42.9 Å². The molecule has 3 heterocycles. The molecule has 1 aliphatic heterocycles. The molecule has 2 unspecified atom stereocenters. The van der Waals surface area contributed by atoms with E-state index < -0.39 is 27.8 Å². The minimum absolute atomic E-state index is 0.126. The average Bonchev–Trinajstić information content (AvgIpc) is 3.11. The highest BCUT2D eigenvalue weighted by molar-refractivity contribution is 14.1. The summed E-state index contributed by atoms with van der Waals surface area (Å²) in [5, 5.41) is 4.01. The maximum Gasteiger partial charge on any atom is 0.410 e. The minimum Gasteiger partial charge on any atom is -0.444 e. The highest BCUT2D eigenvalue weighted by Crippen LogP contribution is 2.35. The number of carbonyl (C=O) groups excluding carboxylic acids is 1. The number of carbonyl (C=O) groups is 1. The molecule has 0 spiro atoms. The van der Waals surface area contributed by atoms with Gasteiger partial charge in [0.15, 0.2) is 5.65 Å².